The number of aliphatic imine (C=N–C) groups is 1. The fourth-order valence-electron chi connectivity index (χ4n) is 3.03. The highest BCUT2D eigenvalue weighted by molar-refractivity contribution is 5.79. The molecule has 1 aliphatic rings. The number of benzene rings is 1. The van der Waals surface area contributed by atoms with Crippen LogP contribution in [0.25, 0.3) is 0 Å². The van der Waals surface area contributed by atoms with Gasteiger partial charge in [-0.2, -0.15) is 0 Å². The first kappa shape index (κ1) is 20.0. The van der Waals surface area contributed by atoms with Gasteiger partial charge in [-0.1, -0.05) is 25.1 Å². The third-order valence-electron chi connectivity index (χ3n) is 4.48. The molecule has 2 N–H and O–H groups in total. The monoisotopic (exact) mass is 382 g/mol. The normalized spacial score (nSPS) is 13.0. The van der Waals surface area contributed by atoms with Gasteiger partial charge in [0, 0.05) is 31.8 Å². The van der Waals surface area contributed by atoms with Crippen molar-refractivity contribution in [2.45, 2.75) is 39.7 Å². The Morgan fingerprint density at radius 3 is 2.86 bits per heavy atom. The molecule has 1 aromatic heterocycles. The molecule has 0 fully saturated rings. The van der Waals surface area contributed by atoms with E-state index in [-0.39, 0.29) is 0 Å². The molecule has 6 heteroatoms. The maximum atomic E-state index is 5.57. The largest absolute Gasteiger partial charge is 0.493 e. The topological polar surface area (TPSA) is 67.8 Å². The van der Waals surface area contributed by atoms with E-state index in [0.29, 0.717) is 19.0 Å². The van der Waals surface area contributed by atoms with Crippen molar-refractivity contribution in [3.8, 4) is 11.6 Å². The highest BCUT2D eigenvalue weighted by Crippen LogP contribution is 2.25. The van der Waals surface area contributed by atoms with E-state index < -0.39 is 0 Å². The molecule has 0 unspecified atom stereocenters. The van der Waals surface area contributed by atoms with E-state index >= 15 is 0 Å². The summed E-state index contributed by atoms with van der Waals surface area (Å²) in [6.07, 6.45) is 4.76. The lowest BCUT2D eigenvalue weighted by molar-refractivity contribution is 0.305. The van der Waals surface area contributed by atoms with Gasteiger partial charge in [0.2, 0.25) is 5.88 Å². The van der Waals surface area contributed by atoms with Gasteiger partial charge in [0.1, 0.15) is 5.75 Å². The molecular formula is C22H30N4O2. The Hall–Kier alpha value is -2.76. The summed E-state index contributed by atoms with van der Waals surface area (Å²) < 4.78 is 11.1. The first-order chi connectivity index (χ1) is 13.8. The summed E-state index contributed by atoms with van der Waals surface area (Å²) in [6, 6.07) is 10.4. The number of guanidine groups is 1. The summed E-state index contributed by atoms with van der Waals surface area (Å²) in [4.78, 5) is 8.99. The molecule has 2 heterocycles. The molecule has 0 aliphatic carbocycles. The van der Waals surface area contributed by atoms with Gasteiger partial charge in [-0.05, 0) is 42.5 Å². The minimum Gasteiger partial charge on any atom is -0.493 e. The number of nitrogens with one attached hydrogen (secondary N) is 2. The Labute approximate surface area is 167 Å². The molecule has 1 aliphatic heterocycles. The van der Waals surface area contributed by atoms with Gasteiger partial charge >= 0.3 is 0 Å². The Morgan fingerprint density at radius 1 is 1.18 bits per heavy atom. The smallest absolute Gasteiger partial charge is 0.213 e. The van der Waals surface area contributed by atoms with Crippen LogP contribution in [-0.2, 0) is 19.4 Å². The van der Waals surface area contributed by atoms with E-state index in [2.05, 4.69) is 52.7 Å². The average molecular weight is 383 g/mol. The fraction of sp³-hybridized carbons (Fsp3) is 0.455. The summed E-state index contributed by atoms with van der Waals surface area (Å²) in [5, 5.41) is 6.70. The van der Waals surface area contributed by atoms with Gasteiger partial charge in [0.05, 0.1) is 19.8 Å². The van der Waals surface area contributed by atoms with Crippen molar-refractivity contribution in [2.75, 3.05) is 26.3 Å². The van der Waals surface area contributed by atoms with Crippen LogP contribution in [0.1, 0.15) is 37.0 Å². The molecular weight excluding hydrogens is 352 g/mol. The second-order valence-corrected chi connectivity index (χ2v) is 6.77. The molecule has 0 amide bonds. The Morgan fingerprint density at radius 2 is 2.07 bits per heavy atom. The number of ether oxygens (including phenoxy) is 2. The zero-order chi connectivity index (χ0) is 19.6. The van der Waals surface area contributed by atoms with Gasteiger partial charge in [0.15, 0.2) is 5.96 Å². The molecule has 0 bridgehead atoms. The number of hydrogen-bond donors (Lipinski definition) is 2. The van der Waals surface area contributed by atoms with E-state index in [1.54, 1.807) is 0 Å². The first-order valence-electron chi connectivity index (χ1n) is 10.1. The van der Waals surface area contributed by atoms with Crippen molar-refractivity contribution in [1.29, 1.82) is 0 Å². The Bertz CT molecular complexity index is 775. The summed E-state index contributed by atoms with van der Waals surface area (Å²) in [6.45, 7) is 7.87. The standard InChI is InChI=1S/C22H30N4O2/c1-3-12-28-21-8-6-18(15-25-21)16-26-22(23-4-2)24-11-9-17-5-7-20-19(14-17)10-13-27-20/h5-8,14-15H,3-4,9-13,16H2,1-2H3,(H2,23,24,26). The van der Waals surface area contributed by atoms with Gasteiger partial charge < -0.3 is 20.1 Å². The van der Waals surface area contributed by atoms with Crippen molar-refractivity contribution >= 4 is 5.96 Å². The fourth-order valence-corrected chi connectivity index (χ4v) is 3.03. The maximum absolute atomic E-state index is 5.57. The molecule has 0 radical (unpaired) electrons. The zero-order valence-corrected chi connectivity index (χ0v) is 16.8. The van der Waals surface area contributed by atoms with Crippen LogP contribution in [0.2, 0.25) is 0 Å². The predicted octanol–water partition coefficient (Wildman–Crippen LogP) is 3.10. The highest BCUT2D eigenvalue weighted by atomic mass is 16.5. The van der Waals surface area contributed by atoms with E-state index in [1.807, 2.05) is 18.3 Å². The lowest BCUT2D eigenvalue weighted by Crippen LogP contribution is -2.38. The minimum absolute atomic E-state index is 0.576. The third-order valence-corrected chi connectivity index (χ3v) is 4.48. The third kappa shape index (κ3) is 5.87. The summed E-state index contributed by atoms with van der Waals surface area (Å²) in [7, 11) is 0. The number of pyridine rings is 1. The average Bonchev–Trinajstić information content (AvgIpc) is 3.19. The van der Waals surface area contributed by atoms with Gasteiger partial charge in [-0.25, -0.2) is 9.98 Å². The van der Waals surface area contributed by atoms with Gasteiger partial charge in [-0.15, -0.1) is 0 Å². The quantitative estimate of drug-likeness (QED) is 0.515. The second-order valence-electron chi connectivity index (χ2n) is 6.77. The van der Waals surface area contributed by atoms with E-state index in [1.165, 1.54) is 11.1 Å². The molecule has 0 saturated heterocycles. The van der Waals surface area contributed by atoms with Crippen LogP contribution in [0.15, 0.2) is 41.5 Å². The van der Waals surface area contributed by atoms with E-state index in [4.69, 9.17) is 9.47 Å². The van der Waals surface area contributed by atoms with E-state index in [0.717, 1.165) is 56.2 Å². The molecule has 150 valence electrons. The number of fused-ring (bicyclic) bond motifs is 1. The number of nitrogens with zero attached hydrogens (tertiary/aromatic N) is 2. The zero-order valence-electron chi connectivity index (χ0n) is 16.8. The molecule has 0 saturated carbocycles. The molecule has 0 atom stereocenters. The predicted molar refractivity (Wildman–Crippen MR) is 112 cm³/mol. The molecule has 28 heavy (non-hydrogen) atoms. The molecule has 0 spiro atoms. The van der Waals surface area contributed by atoms with Crippen LogP contribution in [0.4, 0.5) is 0 Å². The van der Waals surface area contributed by atoms with Gasteiger partial charge in [-0.3, -0.25) is 0 Å². The highest BCUT2D eigenvalue weighted by Gasteiger charge is 2.11. The molecule has 1 aromatic carbocycles. The van der Waals surface area contributed by atoms with Crippen molar-refractivity contribution in [3.05, 3.63) is 53.2 Å². The molecule has 2 aromatic rings. The van der Waals surface area contributed by atoms with Gasteiger partial charge in [0.25, 0.3) is 0 Å². The number of hydrogen-bond acceptors (Lipinski definition) is 4. The Kier molecular flexibility index (Phi) is 7.53. The van der Waals surface area contributed by atoms with E-state index in [9.17, 15) is 0 Å². The summed E-state index contributed by atoms with van der Waals surface area (Å²) in [5.74, 6) is 2.52. The van der Waals surface area contributed by atoms with Crippen LogP contribution >= 0.6 is 0 Å². The lowest BCUT2D eigenvalue weighted by atomic mass is 10.1. The van der Waals surface area contributed by atoms with Crippen molar-refractivity contribution in [1.82, 2.24) is 15.6 Å². The minimum atomic E-state index is 0.576. The lowest BCUT2D eigenvalue weighted by Gasteiger charge is -2.12. The summed E-state index contributed by atoms with van der Waals surface area (Å²) >= 11 is 0. The molecule has 3 rings (SSSR count). The van der Waals surface area contributed by atoms with Crippen molar-refractivity contribution in [2.24, 2.45) is 4.99 Å². The van der Waals surface area contributed by atoms with Crippen LogP contribution in [0, 0.1) is 0 Å². The van der Waals surface area contributed by atoms with Crippen molar-refractivity contribution in [3.63, 3.8) is 0 Å². The van der Waals surface area contributed by atoms with Crippen LogP contribution in [0.5, 0.6) is 11.6 Å². The number of aromatic nitrogens is 1. The van der Waals surface area contributed by atoms with Crippen LogP contribution < -0.4 is 20.1 Å². The SMILES string of the molecule is CCCOc1ccc(CN=C(NCC)NCCc2ccc3c(c2)CCO3)cn1. The Balaban J connectivity index is 1.49. The first-order valence-corrected chi connectivity index (χ1v) is 10.1. The molecule has 6 nitrogen and oxygen atoms in total. The maximum Gasteiger partial charge on any atom is 0.213 e. The van der Waals surface area contributed by atoms with Crippen LogP contribution in [-0.4, -0.2) is 37.2 Å². The van der Waals surface area contributed by atoms with Crippen molar-refractivity contribution < 1.29 is 9.47 Å². The number of rotatable bonds is 9. The summed E-state index contributed by atoms with van der Waals surface area (Å²) in [5.41, 5.74) is 3.69. The second kappa shape index (κ2) is 10.5. The van der Waals surface area contributed by atoms with Crippen LogP contribution in [0.3, 0.4) is 0 Å².